The van der Waals surface area contributed by atoms with Gasteiger partial charge in [0.25, 0.3) is 0 Å². The number of ether oxygens (including phenoxy) is 1. The van der Waals surface area contributed by atoms with Gasteiger partial charge in [0.05, 0.1) is 18.7 Å². The van der Waals surface area contributed by atoms with E-state index in [0.717, 1.165) is 0 Å². The summed E-state index contributed by atoms with van der Waals surface area (Å²) in [5.74, 6) is -2.63. The third-order valence-electron chi connectivity index (χ3n) is 2.80. The van der Waals surface area contributed by atoms with Gasteiger partial charge in [-0.25, -0.2) is 4.39 Å². The van der Waals surface area contributed by atoms with Crippen molar-refractivity contribution in [2.45, 2.75) is 18.9 Å². The van der Waals surface area contributed by atoms with Gasteiger partial charge in [-0.2, -0.15) is 0 Å². The van der Waals surface area contributed by atoms with Gasteiger partial charge in [0, 0.05) is 6.42 Å². The first-order valence-electron chi connectivity index (χ1n) is 5.86. The van der Waals surface area contributed by atoms with Crippen LogP contribution in [0.2, 0.25) is 0 Å². The Hall–Kier alpha value is -1.75. The van der Waals surface area contributed by atoms with E-state index in [0.29, 0.717) is 0 Å². The zero-order valence-electron chi connectivity index (χ0n) is 11.0. The van der Waals surface area contributed by atoms with E-state index >= 15 is 0 Å². The Morgan fingerprint density at radius 3 is 2.76 bits per heavy atom. The number of imide groups is 1. The van der Waals surface area contributed by atoms with Crippen molar-refractivity contribution in [2.24, 2.45) is 0 Å². The van der Waals surface area contributed by atoms with Crippen LogP contribution >= 0.6 is 0 Å². The number of amides is 3. The van der Waals surface area contributed by atoms with Crippen molar-refractivity contribution in [3.05, 3.63) is 34.9 Å². The second-order valence-corrected chi connectivity index (χ2v) is 4.16. The smallest absolute Gasteiger partial charge is 0.684 e. The molecule has 1 fully saturated rings. The Morgan fingerprint density at radius 1 is 1.48 bits per heavy atom. The fourth-order valence-electron chi connectivity index (χ4n) is 1.75. The number of hydrogen-bond donors (Lipinski definition) is 1. The van der Waals surface area contributed by atoms with Crippen LogP contribution in [0.1, 0.15) is 23.2 Å². The zero-order chi connectivity index (χ0) is 14.7. The molecular weight excluding hydrogens is 451 g/mol. The van der Waals surface area contributed by atoms with E-state index in [2.05, 4.69) is 16.7 Å². The number of benzene rings is 1. The molecule has 6 nitrogen and oxygen atoms in total. The number of nitrogens with one attached hydrogen (secondary N) is 1. The molecule has 1 heterocycles. The first-order valence-corrected chi connectivity index (χ1v) is 5.86. The predicted octanol–water partition coefficient (Wildman–Crippen LogP) is 0.951. The molecule has 1 N–H and O–H groups in total. The summed E-state index contributed by atoms with van der Waals surface area (Å²) in [6.07, 6.45) is 0.281. The Bertz CT molecular complexity index is 579. The zero-order valence-corrected chi connectivity index (χ0v) is 13.9. The van der Waals surface area contributed by atoms with Crippen molar-refractivity contribution in [2.75, 3.05) is 7.11 Å². The van der Waals surface area contributed by atoms with E-state index < -0.39 is 29.6 Å². The number of piperidine rings is 1. The van der Waals surface area contributed by atoms with Crippen molar-refractivity contribution in [1.82, 2.24) is 5.32 Å². The van der Waals surface area contributed by atoms with Crippen LogP contribution in [0.4, 0.5) is 4.39 Å². The molecule has 21 heavy (non-hydrogen) atoms. The molecule has 1 unspecified atom stereocenters. The molecule has 0 spiro atoms. The summed E-state index contributed by atoms with van der Waals surface area (Å²) in [6, 6.07) is 3.86. The Labute approximate surface area is 134 Å². The van der Waals surface area contributed by atoms with Gasteiger partial charge in [-0.15, -0.1) is 23.8 Å². The molecule has 1 aliphatic rings. The minimum absolute atomic E-state index is 0. The molecule has 0 saturated carbocycles. The second kappa shape index (κ2) is 7.31. The van der Waals surface area contributed by atoms with Crippen molar-refractivity contribution in [3.8, 4) is 5.75 Å². The van der Waals surface area contributed by atoms with E-state index in [-0.39, 0.29) is 45.2 Å². The van der Waals surface area contributed by atoms with Crippen molar-refractivity contribution < 1.29 is 44.6 Å². The van der Waals surface area contributed by atoms with Gasteiger partial charge in [0.15, 0.2) is 0 Å². The number of methoxy groups -OCH3 is 1. The van der Waals surface area contributed by atoms with Crippen LogP contribution in [0, 0.1) is 11.9 Å². The maximum absolute atomic E-state index is 13.4. The minimum atomic E-state index is -0.932. The molecule has 1 aromatic rings. The number of rotatable bonds is 3. The van der Waals surface area contributed by atoms with Crippen LogP contribution in [0.5, 0.6) is 5.75 Å². The third-order valence-corrected chi connectivity index (χ3v) is 2.80. The van der Waals surface area contributed by atoms with E-state index in [1.165, 1.54) is 19.2 Å². The van der Waals surface area contributed by atoms with E-state index in [4.69, 9.17) is 4.74 Å². The van der Waals surface area contributed by atoms with E-state index in [9.17, 15) is 18.8 Å². The van der Waals surface area contributed by atoms with E-state index in [1.807, 2.05) is 0 Å². The molecule has 1 aromatic carbocycles. The number of carbonyl (C=O) groups excluding carboxylic acids is 3. The molecule has 8 heteroatoms. The van der Waals surface area contributed by atoms with Gasteiger partial charge in [-0.3, -0.25) is 14.9 Å². The molecule has 1 aliphatic heterocycles. The molecule has 0 aliphatic carbocycles. The van der Waals surface area contributed by atoms with Crippen LogP contribution in [-0.4, -0.2) is 30.9 Å². The van der Waals surface area contributed by atoms with Gasteiger partial charge in [-0.1, -0.05) is 0 Å². The van der Waals surface area contributed by atoms with Crippen molar-refractivity contribution in [1.29, 1.82) is 0 Å². The average molecular weight is 462 g/mol. The van der Waals surface area contributed by atoms with Crippen LogP contribution in [-0.2, 0) is 30.7 Å². The summed E-state index contributed by atoms with van der Waals surface area (Å²) >= 11 is 0. The normalized spacial score (nSPS) is 17.5. The largest absolute Gasteiger partial charge is 2.00 e. The monoisotopic (exact) mass is 462 g/mol. The van der Waals surface area contributed by atoms with Gasteiger partial charge < -0.3 is 14.8 Å². The van der Waals surface area contributed by atoms with Crippen LogP contribution < -0.4 is 10.1 Å². The molecular formula is C13H11FN2O4W. The maximum atomic E-state index is 13.4. The maximum Gasteiger partial charge on any atom is 2.00 e. The van der Waals surface area contributed by atoms with Crippen LogP contribution in [0.15, 0.2) is 12.1 Å². The van der Waals surface area contributed by atoms with Gasteiger partial charge in [0.1, 0.15) is 0 Å². The Balaban J connectivity index is 0.00000220. The summed E-state index contributed by atoms with van der Waals surface area (Å²) in [5, 5.41) is 5.76. The molecule has 0 aromatic heterocycles. The quantitative estimate of drug-likeness (QED) is 0.536. The third kappa shape index (κ3) is 4.11. The number of hydrogen-bond acceptors (Lipinski definition) is 4. The van der Waals surface area contributed by atoms with Crippen LogP contribution in [0.25, 0.3) is 5.32 Å². The summed E-state index contributed by atoms with van der Waals surface area (Å²) in [5.41, 5.74) is -0.104. The van der Waals surface area contributed by atoms with Crippen molar-refractivity contribution in [3.63, 3.8) is 0 Å². The summed E-state index contributed by atoms with van der Waals surface area (Å²) in [4.78, 5) is 34.2. The summed E-state index contributed by atoms with van der Waals surface area (Å²) in [7, 11) is 1.29. The molecule has 110 valence electrons. The first kappa shape index (κ1) is 17.3. The topological polar surface area (TPSA) is 86.6 Å². The number of halogens is 1. The molecule has 2 rings (SSSR count). The summed E-state index contributed by atoms with van der Waals surface area (Å²) < 4.78 is 18.1. The van der Waals surface area contributed by atoms with Gasteiger partial charge in [-0.05, 0) is 18.4 Å². The van der Waals surface area contributed by atoms with Gasteiger partial charge >= 0.3 is 21.1 Å². The standard InChI is InChI=1S/C13H12FN2O4.W/c1-20-10-4-2-7(6-8(10)14)12(18)15-9-3-5-11(17)16-13(9)19;/h2,4,9H,3,5H2,1H3,(H2,15,16,17,18,19);/q-1;+2/p-1. The summed E-state index contributed by atoms with van der Waals surface area (Å²) in [6.45, 7) is 0. The average Bonchev–Trinajstić information content (AvgIpc) is 2.41. The number of carbonyl (C=O) groups is 3. The molecule has 0 radical (unpaired) electrons. The van der Waals surface area contributed by atoms with Crippen LogP contribution in [0.3, 0.4) is 0 Å². The Kier molecular flexibility index (Phi) is 6.02. The molecule has 0 bridgehead atoms. The van der Waals surface area contributed by atoms with Gasteiger partial charge in [0.2, 0.25) is 11.8 Å². The molecule has 1 atom stereocenters. The first-order chi connectivity index (χ1) is 9.51. The van der Waals surface area contributed by atoms with E-state index in [1.54, 1.807) is 0 Å². The SMILES string of the molecule is COc1ccc(C(=O)[N-]C2CCC(=O)NC2=O)[c-]c1F.[W+2]. The second-order valence-electron chi connectivity index (χ2n) is 4.16. The molecule has 1 saturated heterocycles. The minimum Gasteiger partial charge on any atom is -0.684 e. The fraction of sp³-hybridized carbons (Fsp3) is 0.308. The molecule has 3 amide bonds. The number of nitrogens with zero attached hydrogens (tertiary/aromatic N) is 1. The van der Waals surface area contributed by atoms with Crippen molar-refractivity contribution >= 4 is 17.7 Å². The fourth-order valence-corrected chi connectivity index (χ4v) is 1.75. The Morgan fingerprint density at radius 2 is 2.19 bits per heavy atom. The predicted molar refractivity (Wildman–Crippen MR) is 65.6 cm³/mol.